The van der Waals surface area contributed by atoms with Crippen LogP contribution in [0.25, 0.3) is 0 Å². The summed E-state index contributed by atoms with van der Waals surface area (Å²) in [6.45, 7) is 2.55. The SMILES string of the molecule is CN(C(=O)CN1CCNCC1c1nccn1C)c1ccc([N+](=O)[O-])cc1. The number of carbonyl (C=O) groups is 1. The van der Waals surface area contributed by atoms with Crippen LogP contribution in [0.15, 0.2) is 36.7 Å². The normalized spacial score (nSPS) is 17.8. The number of anilines is 1. The van der Waals surface area contributed by atoms with Crippen molar-refractivity contribution >= 4 is 17.3 Å². The first kappa shape index (κ1) is 18.0. The minimum absolute atomic E-state index is 0.00606. The summed E-state index contributed by atoms with van der Waals surface area (Å²) in [5, 5.41) is 14.1. The highest BCUT2D eigenvalue weighted by atomic mass is 16.6. The van der Waals surface area contributed by atoms with Crippen molar-refractivity contribution in [1.82, 2.24) is 19.8 Å². The Hall–Kier alpha value is -2.78. The molecule has 1 amide bonds. The van der Waals surface area contributed by atoms with Crippen molar-refractivity contribution in [2.45, 2.75) is 6.04 Å². The molecule has 1 aliphatic rings. The number of aryl methyl sites for hydroxylation is 1. The Kier molecular flexibility index (Phi) is 5.29. The third-order valence-electron chi connectivity index (χ3n) is 4.67. The van der Waals surface area contributed by atoms with Crippen LogP contribution in [0.4, 0.5) is 11.4 Å². The van der Waals surface area contributed by atoms with Crippen LogP contribution in [0.2, 0.25) is 0 Å². The smallest absolute Gasteiger partial charge is 0.269 e. The predicted octanol–water partition coefficient (Wildman–Crippen LogP) is 0.938. The first-order valence-corrected chi connectivity index (χ1v) is 8.40. The molecule has 0 radical (unpaired) electrons. The molecule has 0 spiro atoms. The van der Waals surface area contributed by atoms with Gasteiger partial charge in [0.25, 0.3) is 5.69 Å². The minimum atomic E-state index is -0.455. The summed E-state index contributed by atoms with van der Waals surface area (Å²) in [6.07, 6.45) is 3.65. The third kappa shape index (κ3) is 3.73. The van der Waals surface area contributed by atoms with Crippen molar-refractivity contribution in [2.24, 2.45) is 7.05 Å². The highest BCUT2D eigenvalue weighted by molar-refractivity contribution is 5.94. The average Bonchev–Trinajstić information content (AvgIpc) is 3.07. The second-order valence-electron chi connectivity index (χ2n) is 6.31. The Morgan fingerprint density at radius 3 is 2.77 bits per heavy atom. The standard InChI is InChI=1S/C17H22N6O3/c1-20-9-8-19-17(20)15-11-18-7-10-22(15)12-16(24)21(2)13-3-5-14(6-4-13)23(25)26/h3-6,8-9,15,18H,7,10-12H2,1-2H3. The average molecular weight is 358 g/mol. The van der Waals surface area contributed by atoms with E-state index >= 15 is 0 Å². The van der Waals surface area contributed by atoms with Gasteiger partial charge in [-0.05, 0) is 12.1 Å². The van der Waals surface area contributed by atoms with Crippen LogP contribution in [-0.2, 0) is 11.8 Å². The molecule has 1 unspecified atom stereocenters. The summed E-state index contributed by atoms with van der Waals surface area (Å²) in [4.78, 5) is 31.1. The number of aromatic nitrogens is 2. The van der Waals surface area contributed by atoms with Crippen LogP contribution in [0.5, 0.6) is 0 Å². The number of imidazole rings is 1. The number of hydrogen-bond acceptors (Lipinski definition) is 6. The van der Waals surface area contributed by atoms with Gasteiger partial charge in [-0.25, -0.2) is 4.98 Å². The summed E-state index contributed by atoms with van der Waals surface area (Å²) >= 11 is 0. The van der Waals surface area contributed by atoms with Crippen LogP contribution >= 0.6 is 0 Å². The Bertz CT molecular complexity index is 788. The summed E-state index contributed by atoms with van der Waals surface area (Å²) in [6, 6.07) is 6.01. The van der Waals surface area contributed by atoms with Gasteiger partial charge in [0.15, 0.2) is 0 Å². The largest absolute Gasteiger partial charge is 0.337 e. The fourth-order valence-corrected chi connectivity index (χ4v) is 3.11. The Morgan fingerprint density at radius 2 is 2.15 bits per heavy atom. The monoisotopic (exact) mass is 358 g/mol. The van der Waals surface area contributed by atoms with Crippen LogP contribution < -0.4 is 10.2 Å². The maximum atomic E-state index is 12.7. The number of amides is 1. The van der Waals surface area contributed by atoms with Gasteiger partial charge in [0, 0.05) is 63.9 Å². The van der Waals surface area contributed by atoms with Crippen LogP contribution in [0.3, 0.4) is 0 Å². The van der Waals surface area contributed by atoms with Gasteiger partial charge >= 0.3 is 0 Å². The first-order chi connectivity index (χ1) is 12.5. The van der Waals surface area contributed by atoms with Crippen molar-refractivity contribution in [3.63, 3.8) is 0 Å². The molecule has 1 N–H and O–H groups in total. The van der Waals surface area contributed by atoms with Gasteiger partial charge in [-0.1, -0.05) is 0 Å². The molecule has 3 rings (SSSR count). The lowest BCUT2D eigenvalue weighted by Gasteiger charge is -2.36. The van der Waals surface area contributed by atoms with E-state index in [4.69, 9.17) is 0 Å². The lowest BCUT2D eigenvalue weighted by molar-refractivity contribution is -0.384. The van der Waals surface area contributed by atoms with Crippen molar-refractivity contribution < 1.29 is 9.72 Å². The second kappa shape index (κ2) is 7.63. The molecule has 1 fully saturated rings. The molecule has 0 saturated carbocycles. The summed E-state index contributed by atoms with van der Waals surface area (Å²) in [7, 11) is 3.63. The fourth-order valence-electron chi connectivity index (χ4n) is 3.11. The Morgan fingerprint density at radius 1 is 1.42 bits per heavy atom. The number of likely N-dealkylation sites (N-methyl/N-ethyl adjacent to an activating group) is 1. The molecule has 1 aromatic carbocycles. The molecule has 9 nitrogen and oxygen atoms in total. The molecule has 0 bridgehead atoms. The van der Waals surface area contributed by atoms with Gasteiger partial charge in [-0.3, -0.25) is 19.8 Å². The number of nitro groups is 1. The van der Waals surface area contributed by atoms with Crippen molar-refractivity contribution in [3.05, 3.63) is 52.6 Å². The number of non-ortho nitro benzene ring substituents is 1. The highest BCUT2D eigenvalue weighted by Crippen LogP contribution is 2.22. The van der Waals surface area contributed by atoms with Crippen LogP contribution in [0, 0.1) is 10.1 Å². The fraction of sp³-hybridized carbons (Fsp3) is 0.412. The molecule has 138 valence electrons. The zero-order valence-corrected chi connectivity index (χ0v) is 14.8. The number of rotatable bonds is 5. The molecule has 1 aliphatic heterocycles. The van der Waals surface area contributed by atoms with Crippen molar-refractivity contribution in [1.29, 1.82) is 0 Å². The number of nitrogens with one attached hydrogen (secondary N) is 1. The molecule has 2 aromatic rings. The van der Waals surface area contributed by atoms with E-state index in [1.54, 1.807) is 25.4 Å². The van der Waals surface area contributed by atoms with E-state index in [0.717, 1.165) is 25.5 Å². The van der Waals surface area contributed by atoms with Gasteiger partial charge in [0.2, 0.25) is 5.91 Å². The molecule has 2 heterocycles. The lowest BCUT2D eigenvalue weighted by atomic mass is 10.1. The second-order valence-corrected chi connectivity index (χ2v) is 6.31. The molecule has 26 heavy (non-hydrogen) atoms. The van der Waals surface area contributed by atoms with Gasteiger partial charge in [0.1, 0.15) is 5.82 Å². The molecule has 0 aliphatic carbocycles. The topological polar surface area (TPSA) is 96.5 Å². The first-order valence-electron chi connectivity index (χ1n) is 8.40. The predicted molar refractivity (Wildman–Crippen MR) is 96.9 cm³/mol. The third-order valence-corrected chi connectivity index (χ3v) is 4.67. The molecular formula is C17H22N6O3. The van der Waals surface area contributed by atoms with Gasteiger partial charge in [0.05, 0.1) is 17.5 Å². The van der Waals surface area contributed by atoms with E-state index < -0.39 is 4.92 Å². The maximum absolute atomic E-state index is 12.7. The van der Waals surface area contributed by atoms with Crippen molar-refractivity contribution in [2.75, 3.05) is 38.1 Å². The number of nitro benzene ring substituents is 1. The van der Waals surface area contributed by atoms with Crippen molar-refractivity contribution in [3.8, 4) is 0 Å². The molecular weight excluding hydrogens is 336 g/mol. The van der Waals surface area contributed by atoms with Crippen LogP contribution in [0.1, 0.15) is 11.9 Å². The number of nitrogens with zero attached hydrogens (tertiary/aromatic N) is 5. The summed E-state index contributed by atoms with van der Waals surface area (Å²) in [5.74, 6) is 0.850. The van der Waals surface area contributed by atoms with Crippen LogP contribution in [-0.4, -0.2) is 58.5 Å². The van der Waals surface area contributed by atoms with E-state index in [0.29, 0.717) is 5.69 Å². The highest BCUT2D eigenvalue weighted by Gasteiger charge is 2.29. The molecule has 9 heteroatoms. The number of carbonyl (C=O) groups excluding carboxylic acids is 1. The van der Waals surface area contributed by atoms with E-state index in [1.807, 2.05) is 17.8 Å². The zero-order valence-electron chi connectivity index (χ0n) is 14.8. The van der Waals surface area contributed by atoms with E-state index in [-0.39, 0.29) is 24.2 Å². The summed E-state index contributed by atoms with van der Waals surface area (Å²) < 4.78 is 1.97. The van der Waals surface area contributed by atoms with Gasteiger partial charge in [-0.15, -0.1) is 0 Å². The van der Waals surface area contributed by atoms with Gasteiger partial charge < -0.3 is 14.8 Å². The molecule has 1 aromatic heterocycles. The Balaban J connectivity index is 1.70. The zero-order chi connectivity index (χ0) is 18.7. The molecule has 1 saturated heterocycles. The van der Waals surface area contributed by atoms with Gasteiger partial charge in [-0.2, -0.15) is 0 Å². The number of piperazine rings is 1. The maximum Gasteiger partial charge on any atom is 0.269 e. The molecule has 1 atom stereocenters. The number of hydrogen-bond donors (Lipinski definition) is 1. The van der Waals surface area contributed by atoms with E-state index in [9.17, 15) is 14.9 Å². The van der Waals surface area contributed by atoms with E-state index in [1.165, 1.54) is 17.0 Å². The minimum Gasteiger partial charge on any atom is -0.337 e. The van der Waals surface area contributed by atoms with E-state index in [2.05, 4.69) is 15.2 Å². The Labute approximate surface area is 151 Å². The number of benzene rings is 1. The summed E-state index contributed by atoms with van der Waals surface area (Å²) in [5.41, 5.74) is 0.635. The lowest BCUT2D eigenvalue weighted by Crippen LogP contribution is -2.50. The quantitative estimate of drug-likeness (QED) is 0.631.